The first-order chi connectivity index (χ1) is 9.80. The Labute approximate surface area is 141 Å². The summed E-state index contributed by atoms with van der Waals surface area (Å²) in [5, 5.41) is 0. The topological polar surface area (TPSA) is 53.7 Å². The van der Waals surface area contributed by atoms with Crippen molar-refractivity contribution in [1.82, 2.24) is 0 Å². The van der Waals surface area contributed by atoms with Crippen LogP contribution in [0.5, 0.6) is 0 Å². The zero-order valence-corrected chi connectivity index (χ0v) is 19.5. The molecule has 130 valence electrons. The Balaban J connectivity index is 5.18. The highest BCUT2D eigenvalue weighted by Gasteiger charge is 2.44. The van der Waals surface area contributed by atoms with Crippen molar-refractivity contribution >= 4 is 33.8 Å². The first-order valence-electron chi connectivity index (χ1n) is 7.88. The van der Waals surface area contributed by atoms with Gasteiger partial charge in [-0.2, -0.15) is 0 Å². The van der Waals surface area contributed by atoms with Crippen LogP contribution < -0.4 is 5.73 Å². The van der Waals surface area contributed by atoms with Crippen LogP contribution in [-0.2, 0) is 12.3 Å². The normalized spacial score (nSPS) is 16.2. The lowest BCUT2D eigenvalue weighted by Gasteiger charge is -2.41. The third-order valence-electron chi connectivity index (χ3n) is 3.27. The van der Waals surface area contributed by atoms with Crippen LogP contribution >= 0.6 is 0 Å². The lowest BCUT2D eigenvalue weighted by molar-refractivity contribution is 0.325. The third kappa shape index (κ3) is 8.72. The van der Waals surface area contributed by atoms with Crippen molar-refractivity contribution in [2.24, 2.45) is 5.73 Å². The Kier molecular flexibility index (Phi) is 8.41. The number of nitrogens with two attached hydrogens (primary N) is 1. The van der Waals surface area contributed by atoms with E-state index >= 15 is 0 Å². The Hall–Kier alpha value is 0.188. The van der Waals surface area contributed by atoms with E-state index in [-0.39, 0.29) is 0 Å². The van der Waals surface area contributed by atoms with Gasteiger partial charge >= 0.3 is 17.1 Å². The van der Waals surface area contributed by atoms with E-state index in [2.05, 4.69) is 59.0 Å². The molecule has 0 bridgehead atoms. The van der Waals surface area contributed by atoms with Crippen LogP contribution in [0.1, 0.15) is 6.42 Å². The minimum absolute atomic E-state index is 0.654. The molecule has 8 heteroatoms. The molecule has 2 N–H and O–H groups in total. The van der Waals surface area contributed by atoms with E-state index in [4.69, 9.17) is 18.1 Å². The summed E-state index contributed by atoms with van der Waals surface area (Å²) in [6, 6.07) is 0.892. The van der Waals surface area contributed by atoms with E-state index in [1.54, 1.807) is 0 Å². The lowest BCUT2D eigenvalue weighted by atomic mass is 10.5. The standard InChI is InChI=1S/C14H35NO3Si4/c1-10-19(3,4)16-21(7,8)18-22(9,14-12-13-15)17-20(5,6)11-2/h10-11H,1-2,12-15H2,3-9H3. The minimum atomic E-state index is -2.34. The van der Waals surface area contributed by atoms with Crippen LogP contribution in [0.4, 0.5) is 0 Å². The van der Waals surface area contributed by atoms with Crippen LogP contribution in [0.2, 0.25) is 51.9 Å². The van der Waals surface area contributed by atoms with Gasteiger partial charge in [-0.3, -0.25) is 0 Å². The molecule has 4 nitrogen and oxygen atoms in total. The third-order valence-corrected chi connectivity index (χ3v) is 18.1. The van der Waals surface area contributed by atoms with E-state index in [0.29, 0.717) is 6.54 Å². The fourth-order valence-electron chi connectivity index (χ4n) is 2.36. The number of rotatable bonds is 11. The molecule has 0 aromatic carbocycles. The maximum atomic E-state index is 6.55. The predicted octanol–water partition coefficient (Wildman–Crippen LogP) is 4.02. The summed E-state index contributed by atoms with van der Waals surface area (Å²) in [5.41, 5.74) is 9.61. The van der Waals surface area contributed by atoms with Crippen LogP contribution in [0, 0.1) is 0 Å². The van der Waals surface area contributed by atoms with Crippen molar-refractivity contribution in [1.29, 1.82) is 0 Å². The van der Waals surface area contributed by atoms with Gasteiger partial charge in [0.2, 0.25) is 0 Å². The van der Waals surface area contributed by atoms with Gasteiger partial charge in [0.15, 0.2) is 16.6 Å². The molecule has 0 spiro atoms. The zero-order valence-electron chi connectivity index (χ0n) is 15.5. The summed E-state index contributed by atoms with van der Waals surface area (Å²) in [6.45, 7) is 23.4. The van der Waals surface area contributed by atoms with Crippen molar-refractivity contribution in [2.75, 3.05) is 6.54 Å². The van der Waals surface area contributed by atoms with Crippen molar-refractivity contribution in [3.8, 4) is 0 Å². The van der Waals surface area contributed by atoms with Crippen molar-refractivity contribution in [2.45, 2.75) is 58.3 Å². The molecule has 0 aliphatic heterocycles. The SMILES string of the molecule is C=C[Si](C)(C)O[Si](C)(C)O[Si](C)(CCCN)O[Si](C)(C)C=C. The summed E-state index contributed by atoms with van der Waals surface area (Å²) in [5.74, 6) is 0. The number of hydrogen-bond donors (Lipinski definition) is 1. The first-order valence-corrected chi connectivity index (χ1v) is 19.2. The van der Waals surface area contributed by atoms with Gasteiger partial charge in [0, 0.05) is 0 Å². The average molecular weight is 378 g/mol. The molecule has 0 aromatic rings. The van der Waals surface area contributed by atoms with E-state index in [1.807, 2.05) is 11.4 Å². The monoisotopic (exact) mass is 377 g/mol. The lowest BCUT2D eigenvalue weighted by Crippen LogP contribution is -2.57. The van der Waals surface area contributed by atoms with Crippen molar-refractivity contribution in [3.05, 3.63) is 24.6 Å². The van der Waals surface area contributed by atoms with E-state index < -0.39 is 33.8 Å². The van der Waals surface area contributed by atoms with Gasteiger partial charge in [-0.1, -0.05) is 11.4 Å². The van der Waals surface area contributed by atoms with Crippen LogP contribution in [0.3, 0.4) is 0 Å². The molecule has 0 saturated heterocycles. The number of hydrogen-bond acceptors (Lipinski definition) is 4. The maximum Gasteiger partial charge on any atom is 0.316 e. The maximum absolute atomic E-state index is 6.55. The van der Waals surface area contributed by atoms with Gasteiger partial charge in [0.25, 0.3) is 0 Å². The second-order valence-corrected chi connectivity index (χ2v) is 22.6. The minimum Gasteiger partial charge on any atom is -0.433 e. The van der Waals surface area contributed by atoms with Crippen molar-refractivity contribution < 1.29 is 12.3 Å². The molecule has 0 saturated carbocycles. The summed E-state index contributed by atoms with van der Waals surface area (Å²) >= 11 is 0. The van der Waals surface area contributed by atoms with Crippen molar-refractivity contribution in [3.63, 3.8) is 0 Å². The predicted molar refractivity (Wildman–Crippen MR) is 106 cm³/mol. The van der Waals surface area contributed by atoms with Gasteiger partial charge in [0.1, 0.15) is 0 Å². The molecule has 0 heterocycles. The average Bonchev–Trinajstić information content (AvgIpc) is 2.33. The molecular formula is C14H35NO3Si4. The molecule has 1 unspecified atom stereocenters. The molecule has 0 fully saturated rings. The fourth-order valence-corrected chi connectivity index (χ4v) is 19.5. The highest BCUT2D eigenvalue weighted by atomic mass is 28.5. The largest absolute Gasteiger partial charge is 0.433 e. The van der Waals surface area contributed by atoms with Gasteiger partial charge in [-0.15, -0.1) is 13.2 Å². The van der Waals surface area contributed by atoms with Gasteiger partial charge < -0.3 is 18.1 Å². The molecule has 22 heavy (non-hydrogen) atoms. The highest BCUT2D eigenvalue weighted by Crippen LogP contribution is 2.27. The smallest absolute Gasteiger partial charge is 0.316 e. The Morgan fingerprint density at radius 1 is 0.818 bits per heavy atom. The summed E-state index contributed by atoms with van der Waals surface area (Å²) in [4.78, 5) is 0. The Morgan fingerprint density at radius 3 is 1.68 bits per heavy atom. The second-order valence-electron chi connectivity index (χ2n) is 7.35. The highest BCUT2D eigenvalue weighted by molar-refractivity contribution is 6.91. The van der Waals surface area contributed by atoms with E-state index in [9.17, 15) is 0 Å². The summed E-state index contributed by atoms with van der Waals surface area (Å²) in [6.07, 6.45) is 0.914. The quantitative estimate of drug-likeness (QED) is 0.552. The Bertz CT molecular complexity index is 388. The van der Waals surface area contributed by atoms with E-state index in [0.717, 1.165) is 12.5 Å². The molecule has 0 aliphatic carbocycles. The fraction of sp³-hybridized carbons (Fsp3) is 0.714. The Morgan fingerprint density at radius 2 is 1.27 bits per heavy atom. The molecule has 1 atom stereocenters. The van der Waals surface area contributed by atoms with Crippen LogP contribution in [-0.4, -0.2) is 40.3 Å². The molecule has 0 amide bonds. The second kappa shape index (κ2) is 8.33. The van der Waals surface area contributed by atoms with Gasteiger partial charge in [0.05, 0.1) is 0 Å². The summed E-state index contributed by atoms with van der Waals surface area (Å²) < 4.78 is 19.4. The van der Waals surface area contributed by atoms with Crippen LogP contribution in [0.25, 0.3) is 0 Å². The molecule has 0 radical (unpaired) electrons. The van der Waals surface area contributed by atoms with E-state index in [1.165, 1.54) is 0 Å². The summed E-state index contributed by atoms with van der Waals surface area (Å²) in [7, 11) is -8.41. The molecule has 0 aliphatic rings. The molecular weight excluding hydrogens is 343 g/mol. The van der Waals surface area contributed by atoms with Gasteiger partial charge in [-0.25, -0.2) is 0 Å². The molecule has 0 rings (SSSR count). The molecule has 0 aromatic heterocycles. The zero-order chi connectivity index (χ0) is 17.7. The van der Waals surface area contributed by atoms with Crippen LogP contribution in [0.15, 0.2) is 24.6 Å². The first kappa shape index (κ1) is 22.2. The van der Waals surface area contributed by atoms with Gasteiger partial charge in [-0.05, 0) is 64.8 Å².